The molecule has 10 heteroatoms. The summed E-state index contributed by atoms with van der Waals surface area (Å²) < 4.78 is 53.1. The van der Waals surface area contributed by atoms with Gasteiger partial charge in [-0.25, -0.2) is 0 Å². The smallest absolute Gasteiger partial charge is 0.470 e. The number of hydrogen-bond donors (Lipinski definition) is 0. The average molecular weight is 399 g/mol. The van der Waals surface area contributed by atoms with E-state index >= 15 is 0 Å². The van der Waals surface area contributed by atoms with Crippen LogP contribution in [0.4, 0.5) is 13.2 Å². The van der Waals surface area contributed by atoms with Gasteiger partial charge < -0.3 is 18.8 Å². The van der Waals surface area contributed by atoms with Gasteiger partial charge >= 0.3 is 12.1 Å². The quantitative estimate of drug-likeness (QED) is 0.769. The predicted molar refractivity (Wildman–Crippen MR) is 91.1 cm³/mol. The normalized spacial score (nSPS) is 17.5. The molecule has 1 atom stereocenters. The van der Waals surface area contributed by atoms with E-state index in [1.807, 2.05) is 0 Å². The van der Waals surface area contributed by atoms with E-state index in [0.29, 0.717) is 30.9 Å². The molecule has 1 unspecified atom stereocenters. The molecule has 0 radical (unpaired) electrons. The van der Waals surface area contributed by atoms with Crippen molar-refractivity contribution in [1.29, 1.82) is 0 Å². The van der Waals surface area contributed by atoms with Crippen molar-refractivity contribution < 1.29 is 31.9 Å². The lowest BCUT2D eigenvalue weighted by Crippen LogP contribution is -2.40. The summed E-state index contributed by atoms with van der Waals surface area (Å²) in [7, 11) is 3.04. The molecule has 1 aromatic carbocycles. The number of rotatable bonds is 5. The van der Waals surface area contributed by atoms with Gasteiger partial charge in [-0.15, -0.1) is 10.2 Å². The molecule has 1 aliphatic heterocycles. The fourth-order valence-electron chi connectivity index (χ4n) is 3.20. The molecule has 1 amide bonds. The Balaban J connectivity index is 1.67. The number of hydrogen-bond acceptors (Lipinski definition) is 6. The number of benzene rings is 1. The highest BCUT2D eigenvalue weighted by Crippen LogP contribution is 2.32. The maximum atomic E-state index is 12.7. The molecule has 2 heterocycles. The fraction of sp³-hybridized carbons (Fsp3) is 0.500. The van der Waals surface area contributed by atoms with Crippen LogP contribution in [0.1, 0.15) is 36.1 Å². The Kier molecular flexibility index (Phi) is 5.76. The summed E-state index contributed by atoms with van der Waals surface area (Å²) in [5, 5.41) is 6.59. The van der Waals surface area contributed by atoms with Crippen LogP contribution in [0.15, 0.2) is 22.6 Å². The van der Waals surface area contributed by atoms with Crippen molar-refractivity contribution in [1.82, 2.24) is 15.1 Å². The lowest BCUT2D eigenvalue weighted by molar-refractivity contribution is -0.157. The summed E-state index contributed by atoms with van der Waals surface area (Å²) in [6, 6.07) is 5.22. The summed E-state index contributed by atoms with van der Waals surface area (Å²) >= 11 is 0. The van der Waals surface area contributed by atoms with Crippen LogP contribution in [0.3, 0.4) is 0 Å². The summed E-state index contributed by atoms with van der Waals surface area (Å²) in [6.07, 6.45) is -3.31. The standard InChI is InChI=1S/C18H20F3N3O4/c1-26-13-6-5-11(8-14(13)27-2)9-15(25)24-7-3-4-12(10-24)16-22-23-17(28-16)18(19,20)21/h5-6,8,12H,3-4,7,9-10H2,1-2H3. The SMILES string of the molecule is COc1ccc(CC(=O)N2CCCC(c3nnc(C(F)(F)F)o3)C2)cc1OC. The number of amides is 1. The minimum atomic E-state index is -4.68. The first-order valence-corrected chi connectivity index (χ1v) is 8.71. The Morgan fingerprint density at radius 3 is 2.64 bits per heavy atom. The van der Waals surface area contributed by atoms with Crippen LogP contribution in [0.25, 0.3) is 0 Å². The molecule has 7 nitrogen and oxygen atoms in total. The molecule has 0 N–H and O–H groups in total. The summed E-state index contributed by atoms with van der Waals surface area (Å²) in [4.78, 5) is 14.3. The second-order valence-electron chi connectivity index (χ2n) is 6.49. The van der Waals surface area contributed by atoms with Crippen molar-refractivity contribution in [3.8, 4) is 11.5 Å². The second-order valence-corrected chi connectivity index (χ2v) is 6.49. The van der Waals surface area contributed by atoms with Gasteiger partial charge in [-0.3, -0.25) is 4.79 Å². The first-order chi connectivity index (χ1) is 13.3. The molecular formula is C18H20F3N3O4. The molecule has 1 aliphatic rings. The molecule has 152 valence electrons. The fourth-order valence-corrected chi connectivity index (χ4v) is 3.20. The third kappa shape index (κ3) is 4.37. The highest BCUT2D eigenvalue weighted by molar-refractivity contribution is 5.79. The molecule has 0 spiro atoms. The first-order valence-electron chi connectivity index (χ1n) is 8.71. The van der Waals surface area contributed by atoms with Gasteiger partial charge in [0.25, 0.3) is 0 Å². The van der Waals surface area contributed by atoms with Crippen LogP contribution < -0.4 is 9.47 Å². The molecule has 2 aromatic rings. The molecular weight excluding hydrogens is 379 g/mol. The minimum absolute atomic E-state index is 0.0871. The molecule has 3 rings (SSSR count). The Hall–Kier alpha value is -2.78. The lowest BCUT2D eigenvalue weighted by Gasteiger charge is -2.31. The van der Waals surface area contributed by atoms with E-state index < -0.39 is 18.0 Å². The van der Waals surface area contributed by atoms with E-state index in [-0.39, 0.29) is 24.8 Å². The first kappa shape index (κ1) is 20.0. The zero-order valence-electron chi connectivity index (χ0n) is 15.5. The largest absolute Gasteiger partial charge is 0.493 e. The van der Waals surface area contributed by atoms with Crippen molar-refractivity contribution in [3.05, 3.63) is 35.5 Å². The Morgan fingerprint density at radius 2 is 2.00 bits per heavy atom. The van der Waals surface area contributed by atoms with E-state index in [4.69, 9.17) is 13.9 Å². The van der Waals surface area contributed by atoms with Crippen LogP contribution in [-0.2, 0) is 17.4 Å². The average Bonchev–Trinajstić information content (AvgIpc) is 3.19. The van der Waals surface area contributed by atoms with Crippen molar-refractivity contribution in [2.24, 2.45) is 0 Å². The van der Waals surface area contributed by atoms with E-state index in [2.05, 4.69) is 10.2 Å². The number of methoxy groups -OCH3 is 2. The van der Waals surface area contributed by atoms with Crippen LogP contribution >= 0.6 is 0 Å². The van der Waals surface area contributed by atoms with Crippen LogP contribution in [0.5, 0.6) is 11.5 Å². The maximum absolute atomic E-state index is 12.7. The molecule has 0 aliphatic carbocycles. The Morgan fingerprint density at radius 1 is 1.25 bits per heavy atom. The molecule has 1 aromatic heterocycles. The number of alkyl halides is 3. The third-order valence-corrected chi connectivity index (χ3v) is 4.61. The minimum Gasteiger partial charge on any atom is -0.493 e. The van der Waals surface area contributed by atoms with Gasteiger partial charge in [0.1, 0.15) is 0 Å². The van der Waals surface area contributed by atoms with Crippen LogP contribution in [-0.4, -0.2) is 48.3 Å². The third-order valence-electron chi connectivity index (χ3n) is 4.61. The van der Waals surface area contributed by atoms with Gasteiger partial charge in [0.05, 0.1) is 26.6 Å². The second kappa shape index (κ2) is 8.07. The molecule has 1 saturated heterocycles. The summed E-state index contributed by atoms with van der Waals surface area (Å²) in [6.45, 7) is 0.772. The number of halogens is 3. The number of aromatic nitrogens is 2. The van der Waals surface area contributed by atoms with Crippen molar-refractivity contribution in [3.63, 3.8) is 0 Å². The molecule has 28 heavy (non-hydrogen) atoms. The van der Waals surface area contributed by atoms with Crippen LogP contribution in [0, 0.1) is 0 Å². The number of carbonyl (C=O) groups is 1. The van der Waals surface area contributed by atoms with Gasteiger partial charge in [0, 0.05) is 13.1 Å². The van der Waals surface area contributed by atoms with Gasteiger partial charge in [-0.1, -0.05) is 6.07 Å². The number of piperidine rings is 1. The highest BCUT2D eigenvalue weighted by Gasteiger charge is 2.39. The van der Waals surface area contributed by atoms with Crippen molar-refractivity contribution >= 4 is 5.91 Å². The van der Waals surface area contributed by atoms with E-state index in [0.717, 1.165) is 5.56 Å². The number of ether oxygens (including phenoxy) is 2. The Labute approximate surface area is 159 Å². The van der Waals surface area contributed by atoms with Crippen molar-refractivity contribution in [2.75, 3.05) is 27.3 Å². The van der Waals surface area contributed by atoms with E-state index in [1.54, 1.807) is 23.1 Å². The topological polar surface area (TPSA) is 77.7 Å². The van der Waals surface area contributed by atoms with E-state index in [1.165, 1.54) is 14.2 Å². The van der Waals surface area contributed by atoms with Gasteiger partial charge in [0.2, 0.25) is 11.8 Å². The lowest BCUT2D eigenvalue weighted by atomic mass is 9.97. The van der Waals surface area contributed by atoms with Gasteiger partial charge in [-0.05, 0) is 30.5 Å². The predicted octanol–water partition coefficient (Wildman–Crippen LogP) is 3.05. The van der Waals surface area contributed by atoms with Crippen LogP contribution in [0.2, 0.25) is 0 Å². The molecule has 1 fully saturated rings. The van der Waals surface area contributed by atoms with Gasteiger partial charge in [-0.2, -0.15) is 13.2 Å². The zero-order valence-corrected chi connectivity index (χ0v) is 15.5. The Bertz CT molecular complexity index is 838. The number of likely N-dealkylation sites (tertiary alicyclic amines) is 1. The molecule has 0 saturated carbocycles. The monoisotopic (exact) mass is 399 g/mol. The van der Waals surface area contributed by atoms with E-state index in [9.17, 15) is 18.0 Å². The zero-order chi connectivity index (χ0) is 20.3. The summed E-state index contributed by atoms with van der Waals surface area (Å²) in [5.74, 6) is -0.908. The number of carbonyl (C=O) groups excluding carboxylic acids is 1. The maximum Gasteiger partial charge on any atom is 0.470 e. The number of nitrogens with zero attached hydrogens (tertiary/aromatic N) is 3. The van der Waals surface area contributed by atoms with Gasteiger partial charge in [0.15, 0.2) is 11.5 Å². The van der Waals surface area contributed by atoms with Crippen molar-refractivity contribution in [2.45, 2.75) is 31.4 Å². The highest BCUT2D eigenvalue weighted by atomic mass is 19.4. The summed E-state index contributed by atoms with van der Waals surface area (Å²) in [5.41, 5.74) is 0.752. The molecule has 0 bridgehead atoms.